The number of amides is 2. The Kier molecular flexibility index (Phi) is 4.78. The van der Waals surface area contributed by atoms with Crippen LogP contribution >= 0.6 is 0 Å². The number of nitrogens with one attached hydrogen (secondary N) is 1. The van der Waals surface area contributed by atoms with Gasteiger partial charge in [0.05, 0.1) is 12.7 Å². The lowest BCUT2D eigenvalue weighted by atomic mass is 9.95. The van der Waals surface area contributed by atoms with E-state index in [9.17, 15) is 9.59 Å². The maximum atomic E-state index is 12.3. The van der Waals surface area contributed by atoms with Gasteiger partial charge >= 0.3 is 0 Å². The van der Waals surface area contributed by atoms with Crippen molar-refractivity contribution < 1.29 is 14.1 Å². The van der Waals surface area contributed by atoms with Gasteiger partial charge in [-0.25, -0.2) is 4.98 Å². The van der Waals surface area contributed by atoms with E-state index in [1.807, 2.05) is 0 Å². The molecule has 2 aromatic heterocycles. The second-order valence-corrected chi connectivity index (χ2v) is 5.61. The second kappa shape index (κ2) is 7.16. The number of aryl methyl sites for hydroxylation is 1. The minimum Gasteiger partial charge on any atom is -0.347 e. The summed E-state index contributed by atoms with van der Waals surface area (Å²) in [5.74, 6) is 0.590. The molecule has 1 aliphatic rings. The third-order valence-electron chi connectivity index (χ3n) is 3.92. The number of hydrogen-bond acceptors (Lipinski definition) is 7. The number of carbonyl (C=O) groups excluding carboxylic acids is 2. The van der Waals surface area contributed by atoms with Crippen molar-refractivity contribution in [2.45, 2.75) is 26.3 Å². The molecule has 1 saturated heterocycles. The number of likely N-dealkylation sites (tertiary alicyclic amines) is 1. The summed E-state index contributed by atoms with van der Waals surface area (Å²) in [5.41, 5.74) is 0.326. The first-order valence-electron chi connectivity index (χ1n) is 7.75. The van der Waals surface area contributed by atoms with Crippen LogP contribution in [0.25, 0.3) is 0 Å². The standard InChI is InChI=1S/C15H18N6O3/c1-10-19-13(24-20-10)9-18-14(22)11-2-6-21(7-3-11)15(23)12-8-16-4-5-17-12/h4-5,8,11H,2-3,6-7,9H2,1H3,(H,18,22). The molecule has 2 amide bonds. The summed E-state index contributed by atoms with van der Waals surface area (Å²) in [6.45, 7) is 2.98. The number of aromatic nitrogens is 4. The molecule has 0 bridgehead atoms. The molecule has 9 nitrogen and oxygen atoms in total. The van der Waals surface area contributed by atoms with Crippen molar-refractivity contribution in [2.75, 3.05) is 13.1 Å². The van der Waals surface area contributed by atoms with Gasteiger partial charge in [0.15, 0.2) is 5.82 Å². The van der Waals surface area contributed by atoms with Crippen LogP contribution in [0.4, 0.5) is 0 Å². The van der Waals surface area contributed by atoms with Gasteiger partial charge in [-0.1, -0.05) is 5.16 Å². The number of carbonyl (C=O) groups is 2. The van der Waals surface area contributed by atoms with E-state index in [4.69, 9.17) is 4.52 Å². The molecule has 0 spiro atoms. The van der Waals surface area contributed by atoms with E-state index in [0.717, 1.165) is 0 Å². The molecule has 3 rings (SSSR count). The van der Waals surface area contributed by atoms with Gasteiger partial charge in [-0.3, -0.25) is 14.6 Å². The number of nitrogens with zero attached hydrogens (tertiary/aromatic N) is 5. The summed E-state index contributed by atoms with van der Waals surface area (Å²) in [5, 5.41) is 6.47. The van der Waals surface area contributed by atoms with E-state index in [1.54, 1.807) is 11.8 Å². The van der Waals surface area contributed by atoms with Gasteiger partial charge in [0, 0.05) is 31.4 Å². The Morgan fingerprint density at radius 2 is 2.12 bits per heavy atom. The van der Waals surface area contributed by atoms with Crippen LogP contribution in [0.5, 0.6) is 0 Å². The lowest BCUT2D eigenvalue weighted by Crippen LogP contribution is -2.43. The zero-order valence-electron chi connectivity index (χ0n) is 13.3. The molecule has 1 N–H and O–H groups in total. The van der Waals surface area contributed by atoms with Crippen LogP contribution in [0.15, 0.2) is 23.1 Å². The van der Waals surface area contributed by atoms with Gasteiger partial charge in [0.25, 0.3) is 5.91 Å². The molecule has 0 atom stereocenters. The number of rotatable bonds is 4. The second-order valence-electron chi connectivity index (χ2n) is 5.61. The fourth-order valence-corrected chi connectivity index (χ4v) is 2.64. The van der Waals surface area contributed by atoms with Crippen molar-refractivity contribution >= 4 is 11.8 Å². The summed E-state index contributed by atoms with van der Waals surface area (Å²) in [7, 11) is 0. The Morgan fingerprint density at radius 1 is 1.33 bits per heavy atom. The molecule has 3 heterocycles. The Balaban J connectivity index is 1.47. The van der Waals surface area contributed by atoms with Gasteiger partial charge in [0.2, 0.25) is 11.8 Å². The van der Waals surface area contributed by atoms with Gasteiger partial charge in [-0.05, 0) is 19.8 Å². The monoisotopic (exact) mass is 330 g/mol. The van der Waals surface area contributed by atoms with Crippen molar-refractivity contribution in [1.29, 1.82) is 0 Å². The first-order valence-corrected chi connectivity index (χ1v) is 7.75. The number of hydrogen-bond donors (Lipinski definition) is 1. The molecule has 2 aromatic rings. The van der Waals surface area contributed by atoms with Crippen LogP contribution in [0, 0.1) is 12.8 Å². The molecule has 24 heavy (non-hydrogen) atoms. The van der Waals surface area contributed by atoms with Crippen LogP contribution in [-0.4, -0.2) is 49.9 Å². The zero-order chi connectivity index (χ0) is 16.9. The van der Waals surface area contributed by atoms with E-state index >= 15 is 0 Å². The van der Waals surface area contributed by atoms with E-state index in [0.29, 0.717) is 43.3 Å². The Labute approximate surface area is 138 Å². The highest BCUT2D eigenvalue weighted by atomic mass is 16.5. The molecular weight excluding hydrogens is 312 g/mol. The SMILES string of the molecule is Cc1noc(CNC(=O)C2CCN(C(=O)c3cnccn3)CC2)n1. The van der Waals surface area contributed by atoms with Crippen LogP contribution in [0.2, 0.25) is 0 Å². The third kappa shape index (κ3) is 3.73. The Hall–Kier alpha value is -2.84. The van der Waals surface area contributed by atoms with Gasteiger partial charge in [-0.2, -0.15) is 4.98 Å². The lowest BCUT2D eigenvalue weighted by molar-refractivity contribution is -0.126. The van der Waals surface area contributed by atoms with E-state index < -0.39 is 0 Å². The highest BCUT2D eigenvalue weighted by Crippen LogP contribution is 2.18. The van der Waals surface area contributed by atoms with Gasteiger partial charge in [-0.15, -0.1) is 0 Å². The average molecular weight is 330 g/mol. The topological polar surface area (TPSA) is 114 Å². The smallest absolute Gasteiger partial charge is 0.274 e. The van der Waals surface area contributed by atoms with Crippen LogP contribution in [0.3, 0.4) is 0 Å². The van der Waals surface area contributed by atoms with E-state index in [-0.39, 0.29) is 24.3 Å². The normalized spacial score (nSPS) is 15.3. The summed E-state index contributed by atoms with van der Waals surface area (Å²) < 4.78 is 4.96. The van der Waals surface area contributed by atoms with Crippen molar-refractivity contribution in [3.05, 3.63) is 36.0 Å². The average Bonchev–Trinajstić information content (AvgIpc) is 3.05. The predicted octanol–water partition coefficient (Wildman–Crippen LogP) is 0.337. The Bertz CT molecular complexity index is 709. The fourth-order valence-electron chi connectivity index (χ4n) is 2.64. The summed E-state index contributed by atoms with van der Waals surface area (Å²) in [6, 6.07) is 0. The summed E-state index contributed by atoms with van der Waals surface area (Å²) in [6.07, 6.45) is 5.69. The molecule has 0 unspecified atom stereocenters. The zero-order valence-corrected chi connectivity index (χ0v) is 13.3. The minimum absolute atomic E-state index is 0.0579. The third-order valence-corrected chi connectivity index (χ3v) is 3.92. The lowest BCUT2D eigenvalue weighted by Gasteiger charge is -2.30. The van der Waals surface area contributed by atoms with Crippen molar-refractivity contribution in [3.8, 4) is 0 Å². The molecule has 1 fully saturated rings. The number of piperidine rings is 1. The first kappa shape index (κ1) is 16.0. The van der Waals surface area contributed by atoms with Crippen LogP contribution in [0.1, 0.15) is 35.0 Å². The predicted molar refractivity (Wildman–Crippen MR) is 81.5 cm³/mol. The van der Waals surface area contributed by atoms with E-state index in [1.165, 1.54) is 18.6 Å². The molecule has 0 radical (unpaired) electrons. The summed E-state index contributed by atoms with van der Waals surface area (Å²) in [4.78, 5) is 38.1. The molecule has 1 aliphatic heterocycles. The summed E-state index contributed by atoms with van der Waals surface area (Å²) >= 11 is 0. The van der Waals surface area contributed by atoms with Crippen LogP contribution < -0.4 is 5.32 Å². The Morgan fingerprint density at radius 3 is 2.75 bits per heavy atom. The van der Waals surface area contributed by atoms with Crippen molar-refractivity contribution in [2.24, 2.45) is 5.92 Å². The molecule has 0 aliphatic carbocycles. The molecular formula is C15H18N6O3. The maximum absolute atomic E-state index is 12.3. The molecule has 126 valence electrons. The molecule has 0 saturated carbocycles. The highest BCUT2D eigenvalue weighted by Gasteiger charge is 2.28. The quantitative estimate of drug-likeness (QED) is 0.859. The first-order chi connectivity index (χ1) is 11.6. The molecule has 9 heteroatoms. The maximum Gasteiger partial charge on any atom is 0.274 e. The van der Waals surface area contributed by atoms with Crippen molar-refractivity contribution in [3.63, 3.8) is 0 Å². The van der Waals surface area contributed by atoms with Crippen molar-refractivity contribution in [1.82, 2.24) is 30.3 Å². The largest absolute Gasteiger partial charge is 0.347 e. The highest BCUT2D eigenvalue weighted by molar-refractivity contribution is 5.92. The van der Waals surface area contributed by atoms with Gasteiger partial charge in [0.1, 0.15) is 5.69 Å². The van der Waals surface area contributed by atoms with E-state index in [2.05, 4.69) is 25.4 Å². The fraction of sp³-hybridized carbons (Fsp3) is 0.467. The molecule has 0 aromatic carbocycles. The van der Waals surface area contributed by atoms with Crippen LogP contribution in [-0.2, 0) is 11.3 Å². The minimum atomic E-state index is -0.150. The van der Waals surface area contributed by atoms with Gasteiger partial charge < -0.3 is 14.7 Å².